The van der Waals surface area contributed by atoms with Crippen molar-refractivity contribution in [2.24, 2.45) is 5.92 Å². The van der Waals surface area contributed by atoms with Crippen molar-refractivity contribution in [3.63, 3.8) is 0 Å². The number of hydrogen-bond donors (Lipinski definition) is 1. The second-order valence-electron chi connectivity index (χ2n) is 7.64. The van der Waals surface area contributed by atoms with Crippen molar-refractivity contribution < 1.29 is 9.50 Å². The summed E-state index contributed by atoms with van der Waals surface area (Å²) in [7, 11) is 1.42. The molecule has 8 heteroatoms. The fraction of sp³-hybridized carbons (Fsp3) is 0.429. The third-order valence-corrected chi connectivity index (χ3v) is 7.54. The first kappa shape index (κ1) is 21.0. The topological polar surface area (TPSA) is 54.2 Å². The lowest BCUT2D eigenvalue weighted by Crippen LogP contribution is -2.37. The summed E-state index contributed by atoms with van der Waals surface area (Å²) in [6.45, 7) is 7.14. The van der Waals surface area contributed by atoms with Gasteiger partial charge in [0.25, 0.3) is 0 Å². The Kier molecular flexibility index (Phi) is 6.43. The minimum absolute atomic E-state index is 0.187. The van der Waals surface area contributed by atoms with Crippen molar-refractivity contribution in [3.05, 3.63) is 47.5 Å². The number of hydrogen-bond acceptors (Lipinski definition) is 5. The summed E-state index contributed by atoms with van der Waals surface area (Å²) < 4.78 is 15.9. The van der Waals surface area contributed by atoms with Gasteiger partial charge >= 0.3 is 0 Å². The van der Waals surface area contributed by atoms with Crippen molar-refractivity contribution in [2.75, 3.05) is 19.6 Å². The third-order valence-electron chi connectivity index (χ3n) is 5.81. The molecule has 1 fully saturated rings. The highest BCUT2D eigenvalue weighted by Crippen LogP contribution is 2.33. The fourth-order valence-electron chi connectivity index (χ4n) is 4.18. The van der Waals surface area contributed by atoms with E-state index in [2.05, 4.69) is 43.2 Å². The van der Waals surface area contributed by atoms with Crippen LogP contribution in [0.3, 0.4) is 0 Å². The number of nitrogens with zero attached hydrogens (tertiary/aromatic N) is 4. The molecule has 2 aromatic heterocycles. The van der Waals surface area contributed by atoms with Gasteiger partial charge in [0.1, 0.15) is 11.9 Å². The molecule has 0 aliphatic carbocycles. The number of aliphatic hydroxyl groups excluding tert-OH is 1. The largest absolute Gasteiger partial charge is 0.386 e. The van der Waals surface area contributed by atoms with Crippen LogP contribution in [0.5, 0.6) is 0 Å². The zero-order chi connectivity index (χ0) is 20.5. The lowest BCUT2D eigenvalue weighted by Gasteiger charge is -2.34. The quantitative estimate of drug-likeness (QED) is 0.466. The summed E-state index contributed by atoms with van der Waals surface area (Å²) in [5, 5.41) is 20.3. The van der Waals surface area contributed by atoms with E-state index in [1.807, 2.05) is 25.1 Å². The Bertz CT molecular complexity index is 1030. The van der Waals surface area contributed by atoms with Gasteiger partial charge in [-0.3, -0.25) is 3.97 Å². The fourth-order valence-corrected chi connectivity index (χ4v) is 5.51. The molecule has 1 aromatic carbocycles. The van der Waals surface area contributed by atoms with Gasteiger partial charge in [-0.25, -0.2) is 4.39 Å². The highest BCUT2D eigenvalue weighted by molar-refractivity contribution is 14.2. The number of benzene rings is 1. The normalized spacial score (nSPS) is 19.0. The summed E-state index contributed by atoms with van der Waals surface area (Å²) in [6.07, 6.45) is 3.00. The number of piperidine rings is 1. The van der Waals surface area contributed by atoms with E-state index in [1.165, 1.54) is 15.3 Å². The van der Waals surface area contributed by atoms with Gasteiger partial charge in [0.05, 0.1) is 23.1 Å². The minimum Gasteiger partial charge on any atom is -0.386 e. The van der Waals surface area contributed by atoms with Crippen LogP contribution in [0.1, 0.15) is 37.1 Å². The average molecular weight is 526 g/mol. The van der Waals surface area contributed by atoms with Gasteiger partial charge in [0.15, 0.2) is 0 Å². The van der Waals surface area contributed by atoms with Gasteiger partial charge in [-0.15, -0.1) is 5.10 Å². The standard InChI is InChI=1S/C21H24FIN4OS/c1-3-26-8-4-5-15(11-26)21(28)18-9-13(2)20(25-24-18)14-6-7-16-17(22)12-27(29-23)19(16)10-14/h6-7,9-10,12,15,21,28H,3-5,8,11H2,1-2H3. The van der Waals surface area contributed by atoms with Gasteiger partial charge in [-0.2, -0.15) is 5.10 Å². The molecule has 2 unspecified atom stereocenters. The van der Waals surface area contributed by atoms with Crippen LogP contribution in [0.2, 0.25) is 0 Å². The lowest BCUT2D eigenvalue weighted by atomic mass is 9.90. The highest BCUT2D eigenvalue weighted by atomic mass is 127. The highest BCUT2D eigenvalue weighted by Gasteiger charge is 2.28. The molecule has 0 spiro atoms. The summed E-state index contributed by atoms with van der Waals surface area (Å²) in [5.74, 6) is -0.0443. The summed E-state index contributed by atoms with van der Waals surface area (Å²) in [6, 6.07) is 7.54. The van der Waals surface area contributed by atoms with E-state index in [-0.39, 0.29) is 11.7 Å². The van der Waals surface area contributed by atoms with Crippen LogP contribution >= 0.6 is 30.3 Å². The van der Waals surface area contributed by atoms with Crippen molar-refractivity contribution >= 4 is 41.2 Å². The monoisotopic (exact) mass is 526 g/mol. The van der Waals surface area contributed by atoms with E-state index in [0.717, 1.165) is 54.8 Å². The van der Waals surface area contributed by atoms with Crippen molar-refractivity contribution in [1.82, 2.24) is 19.1 Å². The maximum Gasteiger partial charge on any atom is 0.149 e. The maximum absolute atomic E-state index is 14.1. The molecule has 4 rings (SSSR count). The number of aryl methyl sites for hydroxylation is 1. The molecule has 1 aliphatic heterocycles. The van der Waals surface area contributed by atoms with Gasteiger partial charge in [-0.05, 0) is 56.6 Å². The van der Waals surface area contributed by atoms with Crippen molar-refractivity contribution in [2.45, 2.75) is 32.8 Å². The van der Waals surface area contributed by atoms with Crippen LogP contribution in [0.25, 0.3) is 22.2 Å². The van der Waals surface area contributed by atoms with Crippen LogP contribution in [0.15, 0.2) is 30.5 Å². The van der Waals surface area contributed by atoms with Crippen molar-refractivity contribution in [3.8, 4) is 11.3 Å². The first-order chi connectivity index (χ1) is 14.0. The summed E-state index contributed by atoms with van der Waals surface area (Å²) >= 11 is 2.14. The van der Waals surface area contributed by atoms with Gasteiger partial charge in [-0.1, -0.05) is 13.0 Å². The lowest BCUT2D eigenvalue weighted by molar-refractivity contribution is 0.0489. The predicted octanol–water partition coefficient (Wildman–Crippen LogP) is 5.16. The number of halogens is 2. The molecule has 1 saturated heterocycles. The number of rotatable bonds is 5. The molecule has 1 N–H and O–H groups in total. The molecule has 154 valence electrons. The SMILES string of the molecule is CCN1CCCC(C(O)c2cc(C)c(-c3ccc4c(F)cn(SI)c4c3)nn2)C1. The Labute approximate surface area is 186 Å². The molecule has 0 radical (unpaired) electrons. The van der Waals surface area contributed by atoms with E-state index in [4.69, 9.17) is 0 Å². The second kappa shape index (κ2) is 8.87. The van der Waals surface area contributed by atoms with E-state index >= 15 is 0 Å². The molecular formula is C21H24FIN4OS. The maximum atomic E-state index is 14.1. The zero-order valence-electron chi connectivity index (χ0n) is 16.5. The smallest absolute Gasteiger partial charge is 0.149 e. The third kappa shape index (κ3) is 4.17. The van der Waals surface area contributed by atoms with Gasteiger partial charge < -0.3 is 10.0 Å². The molecule has 0 bridgehead atoms. The van der Waals surface area contributed by atoms with Crippen LogP contribution in [0.4, 0.5) is 4.39 Å². The van der Waals surface area contributed by atoms with Crippen LogP contribution in [-0.4, -0.2) is 43.8 Å². The Morgan fingerprint density at radius 1 is 1.34 bits per heavy atom. The average Bonchev–Trinajstić information content (AvgIpc) is 3.08. The van der Waals surface area contributed by atoms with Crippen LogP contribution < -0.4 is 0 Å². The van der Waals surface area contributed by atoms with Crippen molar-refractivity contribution in [1.29, 1.82) is 0 Å². The zero-order valence-corrected chi connectivity index (χ0v) is 19.5. The summed E-state index contributed by atoms with van der Waals surface area (Å²) in [4.78, 5) is 2.38. The number of fused-ring (bicyclic) bond motifs is 1. The molecule has 1 aliphatic rings. The second-order valence-corrected chi connectivity index (χ2v) is 9.36. The minimum atomic E-state index is -0.603. The molecule has 0 saturated carbocycles. The Hall–Kier alpha value is -1.23. The molecule has 29 heavy (non-hydrogen) atoms. The van der Waals surface area contributed by atoms with E-state index in [1.54, 1.807) is 10.0 Å². The Balaban J connectivity index is 1.63. The van der Waals surface area contributed by atoms with Gasteiger partial charge in [0, 0.05) is 53.7 Å². The van der Waals surface area contributed by atoms with E-state index in [0.29, 0.717) is 11.1 Å². The molecule has 0 amide bonds. The Morgan fingerprint density at radius 2 is 2.17 bits per heavy atom. The molecule has 2 atom stereocenters. The van der Waals surface area contributed by atoms with E-state index < -0.39 is 6.10 Å². The molecule has 3 heterocycles. The number of likely N-dealkylation sites (tertiary alicyclic amines) is 1. The van der Waals surface area contributed by atoms with E-state index in [9.17, 15) is 9.50 Å². The summed E-state index contributed by atoms with van der Waals surface area (Å²) in [5.41, 5.74) is 4.05. The first-order valence-corrected chi connectivity index (χ1v) is 13.2. The number of aromatic nitrogens is 3. The molecule has 3 aromatic rings. The first-order valence-electron chi connectivity index (χ1n) is 9.86. The van der Waals surface area contributed by atoms with Gasteiger partial charge in [0.2, 0.25) is 0 Å². The number of aliphatic hydroxyl groups is 1. The van der Waals surface area contributed by atoms with Crippen LogP contribution in [-0.2, 0) is 0 Å². The Morgan fingerprint density at radius 3 is 2.90 bits per heavy atom. The van der Waals surface area contributed by atoms with Crippen LogP contribution in [0, 0.1) is 18.7 Å². The predicted molar refractivity (Wildman–Crippen MR) is 124 cm³/mol. The molecule has 5 nitrogen and oxygen atoms in total. The molecular weight excluding hydrogens is 502 g/mol.